The lowest BCUT2D eigenvalue weighted by Gasteiger charge is -2.47. The Hall–Kier alpha value is -1.71. The van der Waals surface area contributed by atoms with Crippen LogP contribution in [0.1, 0.15) is 57.9 Å². The summed E-state index contributed by atoms with van der Waals surface area (Å²) in [6, 6.07) is 7.67. The molecule has 8 nitrogen and oxygen atoms in total. The summed E-state index contributed by atoms with van der Waals surface area (Å²) in [7, 11) is 2.19. The highest BCUT2D eigenvalue weighted by molar-refractivity contribution is 6.30. The van der Waals surface area contributed by atoms with Crippen molar-refractivity contribution in [3.8, 4) is 0 Å². The van der Waals surface area contributed by atoms with Crippen LogP contribution in [0.3, 0.4) is 0 Å². The Morgan fingerprint density at radius 2 is 1.72 bits per heavy atom. The average Bonchev–Trinajstić information content (AvgIpc) is 2.93. The van der Waals surface area contributed by atoms with E-state index in [1.54, 1.807) is 0 Å². The van der Waals surface area contributed by atoms with Crippen molar-refractivity contribution in [1.29, 1.82) is 0 Å². The molecule has 1 aromatic carbocycles. The summed E-state index contributed by atoms with van der Waals surface area (Å²) in [5.41, 5.74) is 1.00. The van der Waals surface area contributed by atoms with Crippen molar-refractivity contribution in [3.05, 3.63) is 34.9 Å². The number of likely N-dealkylation sites (N-methyl/N-ethyl adjacent to an activating group) is 1. The molecule has 3 heterocycles. The molecule has 4 rings (SSSR count). The summed E-state index contributed by atoms with van der Waals surface area (Å²) < 4.78 is 0. The van der Waals surface area contributed by atoms with Gasteiger partial charge in [-0.2, -0.15) is 0 Å². The number of carbonyl (C=O) groups excluding carboxylic acids is 2. The van der Waals surface area contributed by atoms with Crippen LogP contribution in [-0.4, -0.2) is 109 Å². The molecule has 3 aliphatic rings. The maximum atomic E-state index is 13.8. The minimum atomic E-state index is -0.566. The summed E-state index contributed by atoms with van der Waals surface area (Å²) in [4.78, 5) is 31.2. The number of hydrogen-bond acceptors (Lipinski definition) is 6. The fraction of sp³-hybridized carbons (Fsp3) is 0.733. The minimum absolute atomic E-state index is 0.0309. The number of piperidine rings is 2. The Morgan fingerprint density at radius 3 is 2.33 bits per heavy atom. The molecule has 1 aromatic rings. The average molecular weight is 561 g/mol. The zero-order chi connectivity index (χ0) is 27.8. The van der Waals surface area contributed by atoms with Crippen molar-refractivity contribution in [2.45, 2.75) is 76.9 Å². The second-order valence-corrected chi connectivity index (χ2v) is 12.6. The summed E-state index contributed by atoms with van der Waals surface area (Å²) >= 11 is 6.10. The van der Waals surface area contributed by atoms with Crippen molar-refractivity contribution >= 4 is 23.4 Å². The van der Waals surface area contributed by atoms with Crippen LogP contribution in [-0.2, 0) is 16.0 Å². The van der Waals surface area contributed by atoms with E-state index < -0.39 is 6.04 Å². The third-order valence-corrected chi connectivity index (χ3v) is 8.68. The Kier molecular flexibility index (Phi) is 11.5. The lowest BCUT2D eigenvalue weighted by Crippen LogP contribution is -2.60. The summed E-state index contributed by atoms with van der Waals surface area (Å²) in [6.07, 6.45) is 6.13. The topological polar surface area (TPSA) is 71.2 Å². The molecule has 2 amide bonds. The predicted molar refractivity (Wildman–Crippen MR) is 158 cm³/mol. The van der Waals surface area contributed by atoms with Crippen LogP contribution in [0.2, 0.25) is 5.02 Å². The highest BCUT2D eigenvalue weighted by atomic mass is 35.5. The lowest BCUT2D eigenvalue weighted by molar-refractivity contribution is -0.141. The molecule has 39 heavy (non-hydrogen) atoms. The van der Waals surface area contributed by atoms with E-state index >= 15 is 0 Å². The van der Waals surface area contributed by atoms with E-state index in [4.69, 9.17) is 11.6 Å². The molecule has 0 radical (unpaired) electrons. The first-order valence-corrected chi connectivity index (χ1v) is 15.4. The zero-order valence-corrected chi connectivity index (χ0v) is 25.0. The quantitative estimate of drug-likeness (QED) is 0.458. The monoisotopic (exact) mass is 560 g/mol. The van der Waals surface area contributed by atoms with Crippen molar-refractivity contribution in [1.82, 2.24) is 30.5 Å². The second-order valence-electron chi connectivity index (χ2n) is 12.1. The van der Waals surface area contributed by atoms with Gasteiger partial charge in [0.25, 0.3) is 0 Å². The van der Waals surface area contributed by atoms with Crippen LogP contribution >= 0.6 is 11.6 Å². The molecule has 218 valence electrons. The molecule has 3 fully saturated rings. The standard InChI is InChI=1S/C30H49ClN6O2/c1-23(2)22-37(36-18-16-34(3)17-19-36)27-11-14-35(15-12-27)30(39)28(20-24-7-9-25(31)10-8-24)33-29(38)21-26-6-4-5-13-32-26/h7-10,23,26-28,32H,4-6,11-22H2,1-3H3,(H,33,38)/t26-,28-/m1/s1. The summed E-state index contributed by atoms with van der Waals surface area (Å²) in [6.45, 7) is 12.3. The molecule has 0 aliphatic carbocycles. The fourth-order valence-electron chi connectivity index (χ4n) is 6.16. The lowest BCUT2D eigenvalue weighted by atomic mass is 9.99. The van der Waals surface area contributed by atoms with Gasteiger partial charge in [0.2, 0.25) is 11.8 Å². The van der Waals surface area contributed by atoms with Gasteiger partial charge in [-0.25, -0.2) is 10.0 Å². The number of rotatable bonds is 10. The molecule has 0 aromatic heterocycles. The van der Waals surface area contributed by atoms with Crippen LogP contribution in [0.5, 0.6) is 0 Å². The summed E-state index contributed by atoms with van der Waals surface area (Å²) in [5, 5.41) is 12.4. The molecular weight excluding hydrogens is 512 g/mol. The van der Waals surface area contributed by atoms with Crippen molar-refractivity contribution < 1.29 is 9.59 Å². The first kappa shape index (κ1) is 30.3. The predicted octanol–water partition coefficient (Wildman–Crippen LogP) is 3.01. The molecule has 0 spiro atoms. The van der Waals surface area contributed by atoms with Gasteiger partial charge in [0.1, 0.15) is 6.04 Å². The number of benzene rings is 1. The van der Waals surface area contributed by atoms with E-state index in [0.29, 0.717) is 29.8 Å². The Bertz CT molecular complexity index is 907. The number of halogens is 1. The van der Waals surface area contributed by atoms with E-state index in [0.717, 1.165) is 90.0 Å². The Balaban J connectivity index is 1.38. The zero-order valence-electron chi connectivity index (χ0n) is 24.2. The molecular formula is C30H49ClN6O2. The van der Waals surface area contributed by atoms with Crippen LogP contribution in [0.4, 0.5) is 0 Å². The maximum Gasteiger partial charge on any atom is 0.245 e. The van der Waals surface area contributed by atoms with Crippen molar-refractivity contribution in [3.63, 3.8) is 0 Å². The van der Waals surface area contributed by atoms with Gasteiger partial charge in [0.05, 0.1) is 0 Å². The molecule has 0 unspecified atom stereocenters. The fourth-order valence-corrected chi connectivity index (χ4v) is 6.28. The SMILES string of the molecule is CC(C)CN(C1CCN(C(=O)[C@@H](Cc2ccc(Cl)cc2)NC(=O)C[C@H]2CCCCN2)CC1)N1CCN(C)CC1. The first-order chi connectivity index (χ1) is 18.8. The number of nitrogens with one attached hydrogen (secondary N) is 2. The maximum absolute atomic E-state index is 13.8. The van der Waals surface area contributed by atoms with Crippen LogP contribution < -0.4 is 10.6 Å². The van der Waals surface area contributed by atoms with Gasteiger partial charge < -0.3 is 20.4 Å². The van der Waals surface area contributed by atoms with E-state index in [-0.39, 0.29) is 17.9 Å². The molecule has 0 bridgehead atoms. The number of hydrazine groups is 1. The smallest absolute Gasteiger partial charge is 0.245 e. The van der Waals surface area contributed by atoms with E-state index in [9.17, 15) is 9.59 Å². The second kappa shape index (κ2) is 14.8. The number of piperazine rings is 1. The van der Waals surface area contributed by atoms with Crippen molar-refractivity contribution in [2.24, 2.45) is 5.92 Å². The van der Waals surface area contributed by atoms with Gasteiger partial charge >= 0.3 is 0 Å². The van der Waals surface area contributed by atoms with Crippen LogP contribution in [0.25, 0.3) is 0 Å². The Labute approximate surface area is 240 Å². The van der Waals surface area contributed by atoms with Gasteiger partial charge in [0.15, 0.2) is 0 Å². The number of hydrogen-bond donors (Lipinski definition) is 2. The molecule has 9 heteroatoms. The van der Waals surface area contributed by atoms with E-state index in [2.05, 4.69) is 46.4 Å². The van der Waals surface area contributed by atoms with Gasteiger partial charge in [-0.3, -0.25) is 9.59 Å². The van der Waals surface area contributed by atoms with E-state index in [1.807, 2.05) is 29.2 Å². The van der Waals surface area contributed by atoms with Gasteiger partial charge in [-0.05, 0) is 62.9 Å². The Morgan fingerprint density at radius 1 is 1.03 bits per heavy atom. The highest BCUT2D eigenvalue weighted by Gasteiger charge is 2.34. The number of amides is 2. The number of nitrogens with zero attached hydrogens (tertiary/aromatic N) is 4. The first-order valence-electron chi connectivity index (χ1n) is 15.0. The third-order valence-electron chi connectivity index (χ3n) is 8.42. The highest BCUT2D eigenvalue weighted by Crippen LogP contribution is 2.22. The van der Waals surface area contributed by atoms with Gasteiger partial charge in [0, 0.05) is 75.8 Å². The largest absolute Gasteiger partial charge is 0.344 e. The molecule has 2 atom stereocenters. The van der Waals surface area contributed by atoms with Crippen LogP contribution in [0, 0.1) is 5.92 Å². The summed E-state index contributed by atoms with van der Waals surface area (Å²) in [5.74, 6) is 0.570. The number of likely N-dealkylation sites (tertiary alicyclic amines) is 1. The molecule has 2 N–H and O–H groups in total. The molecule has 3 saturated heterocycles. The normalized spacial score (nSPS) is 22.8. The van der Waals surface area contributed by atoms with Crippen molar-refractivity contribution in [2.75, 3.05) is 59.4 Å². The minimum Gasteiger partial charge on any atom is -0.344 e. The van der Waals surface area contributed by atoms with Gasteiger partial charge in [-0.1, -0.05) is 44.0 Å². The number of carbonyl (C=O) groups is 2. The molecule has 0 saturated carbocycles. The van der Waals surface area contributed by atoms with Crippen LogP contribution in [0.15, 0.2) is 24.3 Å². The molecule has 3 aliphatic heterocycles. The third kappa shape index (κ3) is 9.15. The van der Waals surface area contributed by atoms with Gasteiger partial charge in [-0.15, -0.1) is 0 Å². The van der Waals surface area contributed by atoms with E-state index in [1.165, 1.54) is 0 Å².